The summed E-state index contributed by atoms with van der Waals surface area (Å²) in [5, 5.41) is 11.0. The molecule has 0 fully saturated rings. The number of methoxy groups -OCH3 is 1. The van der Waals surface area contributed by atoms with Gasteiger partial charge < -0.3 is 4.74 Å². The van der Waals surface area contributed by atoms with Crippen molar-refractivity contribution in [2.75, 3.05) is 7.11 Å². The predicted octanol–water partition coefficient (Wildman–Crippen LogP) is 3.64. The number of rotatable bonds is 4. The van der Waals surface area contributed by atoms with Gasteiger partial charge in [0.25, 0.3) is 0 Å². The van der Waals surface area contributed by atoms with E-state index in [1.807, 2.05) is 24.3 Å². The van der Waals surface area contributed by atoms with Crippen molar-refractivity contribution in [3.8, 4) is 17.1 Å². The number of nitrogens with one attached hydrogen (secondary N) is 1. The highest BCUT2D eigenvalue weighted by atomic mass is 32.1. The molecule has 1 aromatic heterocycles. The molecule has 0 unspecified atom stereocenters. The highest BCUT2D eigenvalue weighted by Crippen LogP contribution is 2.20. The molecule has 3 aromatic rings. The number of H-pyrrole nitrogens is 1. The Bertz CT molecular complexity index is 899. The Balaban J connectivity index is 1.97. The molecule has 1 N–H and O–H groups in total. The molecule has 0 aliphatic carbocycles. The van der Waals surface area contributed by atoms with E-state index in [0.29, 0.717) is 11.4 Å². The lowest BCUT2D eigenvalue weighted by Crippen LogP contribution is -1.96. The second-order valence-electron chi connectivity index (χ2n) is 4.66. The van der Waals surface area contributed by atoms with Crippen molar-refractivity contribution in [3.05, 3.63) is 64.7 Å². The Kier molecular flexibility index (Phi) is 4.29. The fourth-order valence-corrected chi connectivity index (χ4v) is 2.21. The van der Waals surface area contributed by atoms with Gasteiger partial charge in [0.05, 0.1) is 18.9 Å². The van der Waals surface area contributed by atoms with E-state index in [9.17, 15) is 4.39 Å². The molecule has 0 aliphatic rings. The maximum atomic E-state index is 13.9. The van der Waals surface area contributed by atoms with Gasteiger partial charge in [0.1, 0.15) is 11.6 Å². The van der Waals surface area contributed by atoms with Gasteiger partial charge in [-0.2, -0.15) is 14.9 Å². The number of aromatic nitrogens is 3. The van der Waals surface area contributed by atoms with Crippen LogP contribution in [0.1, 0.15) is 5.56 Å². The van der Waals surface area contributed by atoms with E-state index in [1.54, 1.807) is 31.5 Å². The first-order valence-corrected chi connectivity index (χ1v) is 7.20. The number of nitrogens with zero attached hydrogens (tertiary/aromatic N) is 3. The average Bonchev–Trinajstić information content (AvgIpc) is 2.94. The van der Waals surface area contributed by atoms with Crippen LogP contribution < -0.4 is 4.74 Å². The highest BCUT2D eigenvalue weighted by molar-refractivity contribution is 7.71. The first-order valence-electron chi connectivity index (χ1n) is 6.80. The van der Waals surface area contributed by atoms with Crippen molar-refractivity contribution in [2.45, 2.75) is 0 Å². The number of aromatic amines is 1. The minimum Gasteiger partial charge on any atom is -0.497 e. The molecule has 0 atom stereocenters. The van der Waals surface area contributed by atoms with Crippen molar-refractivity contribution in [1.29, 1.82) is 0 Å². The Morgan fingerprint density at radius 1 is 1.22 bits per heavy atom. The van der Waals surface area contributed by atoms with Crippen LogP contribution >= 0.6 is 12.2 Å². The lowest BCUT2D eigenvalue weighted by molar-refractivity contribution is 0.415. The average molecular weight is 328 g/mol. The van der Waals surface area contributed by atoms with Crippen LogP contribution in [0.25, 0.3) is 11.4 Å². The van der Waals surface area contributed by atoms with Gasteiger partial charge in [-0.1, -0.05) is 12.1 Å². The molecule has 0 spiro atoms. The molecule has 0 saturated heterocycles. The molecule has 0 radical (unpaired) electrons. The van der Waals surface area contributed by atoms with Crippen LogP contribution in [0.2, 0.25) is 0 Å². The van der Waals surface area contributed by atoms with Crippen molar-refractivity contribution < 1.29 is 9.13 Å². The topological polar surface area (TPSA) is 55.2 Å². The summed E-state index contributed by atoms with van der Waals surface area (Å²) in [5.74, 6) is 0.689. The SMILES string of the molecule is COc1ccc(C=Nn2c(-c3ccccc3F)n[nH]c2=S)cc1. The molecule has 0 bridgehead atoms. The van der Waals surface area contributed by atoms with E-state index in [1.165, 1.54) is 10.7 Å². The minimum absolute atomic E-state index is 0.285. The van der Waals surface area contributed by atoms with E-state index >= 15 is 0 Å². The Labute approximate surface area is 137 Å². The molecule has 0 amide bonds. The zero-order valence-corrected chi connectivity index (χ0v) is 13.0. The maximum Gasteiger partial charge on any atom is 0.216 e. The fraction of sp³-hybridized carbons (Fsp3) is 0.0625. The third-order valence-electron chi connectivity index (χ3n) is 3.20. The molecule has 7 heteroatoms. The number of ether oxygens (including phenoxy) is 1. The van der Waals surface area contributed by atoms with Gasteiger partial charge in [-0.3, -0.25) is 0 Å². The van der Waals surface area contributed by atoms with Crippen molar-refractivity contribution in [3.63, 3.8) is 0 Å². The second-order valence-corrected chi connectivity index (χ2v) is 5.05. The number of halogens is 1. The number of hydrogen-bond donors (Lipinski definition) is 1. The third-order valence-corrected chi connectivity index (χ3v) is 3.47. The largest absolute Gasteiger partial charge is 0.497 e. The summed E-state index contributed by atoms with van der Waals surface area (Å²) < 4.78 is 20.7. The summed E-state index contributed by atoms with van der Waals surface area (Å²) in [4.78, 5) is 0. The van der Waals surface area contributed by atoms with Gasteiger partial charge in [-0.05, 0) is 54.2 Å². The summed E-state index contributed by atoms with van der Waals surface area (Å²) >= 11 is 5.16. The molecule has 1 heterocycles. The summed E-state index contributed by atoms with van der Waals surface area (Å²) in [6, 6.07) is 13.7. The number of benzene rings is 2. The summed E-state index contributed by atoms with van der Waals surface area (Å²) in [5.41, 5.74) is 1.18. The summed E-state index contributed by atoms with van der Waals surface area (Å²) in [6.45, 7) is 0. The van der Waals surface area contributed by atoms with E-state index in [-0.39, 0.29) is 10.6 Å². The normalized spacial score (nSPS) is 11.0. The lowest BCUT2D eigenvalue weighted by Gasteiger charge is -2.02. The first kappa shape index (κ1) is 15.1. The molecule has 23 heavy (non-hydrogen) atoms. The van der Waals surface area contributed by atoms with Crippen molar-refractivity contribution in [1.82, 2.24) is 14.9 Å². The molecule has 3 rings (SSSR count). The molecule has 116 valence electrons. The minimum atomic E-state index is -0.387. The van der Waals surface area contributed by atoms with Crippen LogP contribution in [0.4, 0.5) is 4.39 Å². The maximum absolute atomic E-state index is 13.9. The van der Waals surface area contributed by atoms with Crippen LogP contribution in [0.3, 0.4) is 0 Å². The first-order chi connectivity index (χ1) is 11.2. The molecule has 0 saturated carbocycles. The van der Waals surface area contributed by atoms with Gasteiger partial charge >= 0.3 is 0 Å². The zero-order chi connectivity index (χ0) is 16.2. The van der Waals surface area contributed by atoms with Gasteiger partial charge in [0, 0.05) is 0 Å². The van der Waals surface area contributed by atoms with Gasteiger partial charge in [0.2, 0.25) is 4.77 Å². The lowest BCUT2D eigenvalue weighted by atomic mass is 10.2. The molecule has 2 aromatic carbocycles. The fourth-order valence-electron chi connectivity index (χ4n) is 2.03. The monoisotopic (exact) mass is 328 g/mol. The van der Waals surface area contributed by atoms with E-state index in [2.05, 4.69) is 15.3 Å². The van der Waals surface area contributed by atoms with E-state index < -0.39 is 0 Å². The third kappa shape index (κ3) is 3.19. The van der Waals surface area contributed by atoms with Crippen LogP contribution in [0.5, 0.6) is 5.75 Å². The number of hydrogen-bond acceptors (Lipinski definition) is 4. The van der Waals surface area contributed by atoms with E-state index in [0.717, 1.165) is 11.3 Å². The zero-order valence-electron chi connectivity index (χ0n) is 12.2. The van der Waals surface area contributed by atoms with E-state index in [4.69, 9.17) is 17.0 Å². The summed E-state index contributed by atoms with van der Waals surface area (Å²) in [6.07, 6.45) is 1.62. The molecular weight excluding hydrogens is 315 g/mol. The van der Waals surface area contributed by atoms with Crippen LogP contribution in [0.15, 0.2) is 53.6 Å². The highest BCUT2D eigenvalue weighted by Gasteiger charge is 2.12. The van der Waals surface area contributed by atoms with Gasteiger partial charge in [0.15, 0.2) is 5.82 Å². The van der Waals surface area contributed by atoms with Crippen LogP contribution in [0, 0.1) is 10.6 Å². The van der Waals surface area contributed by atoms with Crippen LogP contribution in [-0.4, -0.2) is 28.2 Å². The second kappa shape index (κ2) is 6.53. The Morgan fingerprint density at radius 2 is 1.96 bits per heavy atom. The quantitative estimate of drug-likeness (QED) is 0.588. The standard InChI is InChI=1S/C16H13FN4OS/c1-22-12-8-6-11(7-9-12)10-18-21-15(19-20-16(21)23)13-4-2-3-5-14(13)17/h2-10H,1H3,(H,20,23). The van der Waals surface area contributed by atoms with Crippen molar-refractivity contribution in [2.24, 2.45) is 5.10 Å². The van der Waals surface area contributed by atoms with Gasteiger partial charge in [-0.25, -0.2) is 9.49 Å². The Hall–Kier alpha value is -2.80. The summed E-state index contributed by atoms with van der Waals surface area (Å²) in [7, 11) is 1.61. The predicted molar refractivity (Wildman–Crippen MR) is 88.8 cm³/mol. The van der Waals surface area contributed by atoms with Crippen molar-refractivity contribution >= 4 is 18.4 Å². The molecular formula is C16H13FN4OS. The van der Waals surface area contributed by atoms with Gasteiger partial charge in [-0.15, -0.1) is 0 Å². The molecule has 0 aliphatic heterocycles. The smallest absolute Gasteiger partial charge is 0.216 e. The Morgan fingerprint density at radius 3 is 2.65 bits per heavy atom. The molecule has 5 nitrogen and oxygen atoms in total. The van der Waals surface area contributed by atoms with Crippen LogP contribution in [-0.2, 0) is 0 Å².